The van der Waals surface area contributed by atoms with Gasteiger partial charge >= 0.3 is 10.4 Å². The van der Waals surface area contributed by atoms with Gasteiger partial charge in [0, 0.05) is 38.3 Å². The number of benzene rings is 1. The van der Waals surface area contributed by atoms with Gasteiger partial charge in [0.15, 0.2) is 17.7 Å². The summed E-state index contributed by atoms with van der Waals surface area (Å²) in [6.07, 6.45) is -11.6. The topological polar surface area (TPSA) is 475 Å². The number of carbonyl (C=O) groups is 8. The van der Waals surface area contributed by atoms with Gasteiger partial charge in [-0.1, -0.05) is 78.7 Å². The average molecular weight is 1180 g/mol. The number of aliphatic hydroxyl groups excluding tert-OH is 8. The average Bonchev–Trinajstić information content (AvgIpc) is 4.12. The van der Waals surface area contributed by atoms with E-state index in [1.54, 1.807) is 0 Å². The van der Waals surface area contributed by atoms with Gasteiger partial charge in [-0.25, -0.2) is 0 Å². The number of carbonyl (C=O) groups excluding carboxylic acids is 8. The number of hydrogen-bond acceptors (Lipinski definition) is 20. The van der Waals surface area contributed by atoms with Crippen LogP contribution in [-0.2, 0) is 48.8 Å². The number of nitrogens with two attached hydrogens (primary N) is 1. The van der Waals surface area contributed by atoms with E-state index in [4.69, 9.17) is 5.73 Å². The molecule has 0 aromatic heterocycles. The number of nitrogens with one attached hydrogen (secondary N) is 5. The van der Waals surface area contributed by atoms with Crippen molar-refractivity contribution in [3.8, 4) is 11.5 Å². The Kier molecular flexibility index (Phi) is 25.5. The van der Waals surface area contributed by atoms with E-state index < -0.39 is 198 Å². The molecule has 0 bridgehead atoms. The van der Waals surface area contributed by atoms with Gasteiger partial charge in [0.25, 0.3) is 0 Å². The van der Waals surface area contributed by atoms with Crippen molar-refractivity contribution in [1.82, 2.24) is 36.4 Å². The largest absolute Gasteiger partial charge is 0.504 e. The summed E-state index contributed by atoms with van der Waals surface area (Å²) in [6.45, 7) is 7.86. The molecular formula is C51H82N8O21S. The normalized spacial score (nSPS) is 28.8. The Labute approximate surface area is 469 Å². The maximum atomic E-state index is 14.6. The molecule has 0 saturated carbocycles. The van der Waals surface area contributed by atoms with Crippen LogP contribution in [0.4, 0.5) is 0 Å². The summed E-state index contributed by atoms with van der Waals surface area (Å²) in [6, 6.07) is -10.5. The number of aromatic hydroxyl groups is 1. The first-order valence-electron chi connectivity index (χ1n) is 27.2. The third-order valence-electron chi connectivity index (χ3n) is 15.0. The third kappa shape index (κ3) is 19.4. The number of amides is 8. The van der Waals surface area contributed by atoms with Crippen molar-refractivity contribution < 1.29 is 101 Å². The van der Waals surface area contributed by atoms with Gasteiger partial charge < -0.3 is 92.3 Å². The molecule has 81 heavy (non-hydrogen) atoms. The SMILES string of the molecule is CCC(C)CC(C)CCCCCCCCC(=O)N[C@H]1CC(O)C(O)NC(=O)[C@@H]2[C@@H](O)C(C)CN2C(=O)[C@H](C(O)CC(N)=O)NC(=O)[C@H](C(O)C(O)c2ccc(O)c(OS(=O)(=O)O)c2)NC(=O)[C@@H]2C[C@@H](O)CN2C(=O)[C@H]([C@@H](C)O)NC1=O. The van der Waals surface area contributed by atoms with E-state index in [-0.39, 0.29) is 6.42 Å². The van der Waals surface area contributed by atoms with Gasteiger partial charge in [0.1, 0.15) is 54.6 Å². The minimum absolute atomic E-state index is 0.119. The van der Waals surface area contributed by atoms with Gasteiger partial charge in [-0.05, 0) is 49.3 Å². The van der Waals surface area contributed by atoms with Crippen molar-refractivity contribution in [3.63, 3.8) is 0 Å². The molecule has 3 aliphatic rings. The highest BCUT2D eigenvalue weighted by Gasteiger charge is 2.51. The molecule has 3 heterocycles. The quantitative estimate of drug-likeness (QED) is 0.0390. The Morgan fingerprint density at radius 1 is 0.778 bits per heavy atom. The molecule has 29 nitrogen and oxygen atoms in total. The highest BCUT2D eigenvalue weighted by molar-refractivity contribution is 7.81. The fourth-order valence-corrected chi connectivity index (χ4v) is 10.6. The van der Waals surface area contributed by atoms with E-state index in [2.05, 4.69) is 40.9 Å². The van der Waals surface area contributed by atoms with Crippen molar-refractivity contribution in [2.24, 2.45) is 23.5 Å². The molecule has 458 valence electrons. The van der Waals surface area contributed by atoms with Crippen LogP contribution in [0.25, 0.3) is 0 Å². The molecule has 0 aliphatic carbocycles. The second-order valence-corrected chi connectivity index (χ2v) is 22.8. The highest BCUT2D eigenvalue weighted by atomic mass is 32.3. The predicted molar refractivity (Wildman–Crippen MR) is 282 cm³/mol. The van der Waals surface area contributed by atoms with Crippen LogP contribution in [0.3, 0.4) is 0 Å². The zero-order valence-corrected chi connectivity index (χ0v) is 46.8. The Morgan fingerprint density at radius 2 is 1.38 bits per heavy atom. The number of phenols is 1. The fourth-order valence-electron chi connectivity index (χ4n) is 10.2. The third-order valence-corrected chi connectivity index (χ3v) is 15.3. The first-order valence-corrected chi connectivity index (χ1v) is 28.6. The number of rotatable bonds is 22. The van der Waals surface area contributed by atoms with Crippen LogP contribution in [0.1, 0.15) is 130 Å². The summed E-state index contributed by atoms with van der Waals surface area (Å²) in [5, 5.41) is 111. The zero-order valence-electron chi connectivity index (χ0n) is 46.0. The summed E-state index contributed by atoms with van der Waals surface area (Å²) in [5.74, 6) is -12.0. The fraction of sp³-hybridized carbons (Fsp3) is 0.725. The lowest BCUT2D eigenvalue weighted by atomic mass is 9.91. The van der Waals surface area contributed by atoms with Crippen molar-refractivity contribution in [3.05, 3.63) is 23.8 Å². The van der Waals surface area contributed by atoms with E-state index in [1.807, 2.05) is 10.6 Å². The molecular weight excluding hydrogens is 1090 g/mol. The van der Waals surface area contributed by atoms with Gasteiger partial charge in [-0.3, -0.25) is 42.9 Å². The van der Waals surface area contributed by atoms with Crippen molar-refractivity contribution in [1.29, 1.82) is 0 Å². The Balaban J connectivity index is 1.75. The van der Waals surface area contributed by atoms with Gasteiger partial charge in [-0.15, -0.1) is 0 Å². The molecule has 17 N–H and O–H groups in total. The summed E-state index contributed by atoms with van der Waals surface area (Å²) in [4.78, 5) is 113. The van der Waals surface area contributed by atoms with Crippen LogP contribution < -0.4 is 36.5 Å². The maximum Gasteiger partial charge on any atom is 0.446 e. The summed E-state index contributed by atoms with van der Waals surface area (Å²) in [7, 11) is -5.33. The second-order valence-electron chi connectivity index (χ2n) is 21.8. The summed E-state index contributed by atoms with van der Waals surface area (Å²) < 4.78 is 36.6. The van der Waals surface area contributed by atoms with Gasteiger partial charge in [0.05, 0.1) is 30.8 Å². The molecule has 0 spiro atoms. The first kappa shape index (κ1) is 67.7. The van der Waals surface area contributed by atoms with E-state index in [0.29, 0.717) is 40.5 Å². The minimum atomic E-state index is -5.33. The first-order chi connectivity index (χ1) is 37.8. The molecule has 30 heteroatoms. The molecule has 4 rings (SSSR count). The molecule has 8 unspecified atom stereocenters. The maximum absolute atomic E-state index is 14.6. The number of hydrogen-bond donors (Lipinski definition) is 16. The molecule has 1 aromatic rings. The van der Waals surface area contributed by atoms with Crippen LogP contribution in [0.15, 0.2) is 18.2 Å². The van der Waals surface area contributed by atoms with Crippen LogP contribution >= 0.6 is 0 Å². The van der Waals surface area contributed by atoms with Crippen LogP contribution in [0, 0.1) is 17.8 Å². The Hall–Kier alpha value is -5.83. The van der Waals surface area contributed by atoms with Crippen LogP contribution in [0.2, 0.25) is 0 Å². The van der Waals surface area contributed by atoms with Gasteiger partial charge in [0.2, 0.25) is 47.3 Å². The lowest BCUT2D eigenvalue weighted by molar-refractivity contribution is -0.149. The molecule has 17 atom stereocenters. The Bertz CT molecular complexity index is 2470. The monoisotopic (exact) mass is 1170 g/mol. The number of primary amides is 1. The number of unbranched alkanes of at least 4 members (excludes halogenated alkanes) is 5. The lowest BCUT2D eigenvalue weighted by Crippen LogP contribution is -2.64. The highest BCUT2D eigenvalue weighted by Crippen LogP contribution is 2.33. The van der Waals surface area contributed by atoms with E-state index in [0.717, 1.165) is 64.0 Å². The van der Waals surface area contributed by atoms with E-state index >= 15 is 0 Å². The number of aliphatic hydroxyl groups is 8. The van der Waals surface area contributed by atoms with Crippen molar-refractivity contribution in [2.45, 2.75) is 203 Å². The number of phenolic OH excluding ortho intramolecular Hbond substituents is 1. The van der Waals surface area contributed by atoms with E-state index in [1.165, 1.54) is 6.92 Å². The second kappa shape index (κ2) is 30.5. The molecule has 8 amide bonds. The Morgan fingerprint density at radius 3 is 2.00 bits per heavy atom. The minimum Gasteiger partial charge on any atom is -0.504 e. The van der Waals surface area contributed by atoms with Gasteiger partial charge in [-0.2, -0.15) is 8.42 Å². The smallest absolute Gasteiger partial charge is 0.446 e. The molecule has 3 aliphatic heterocycles. The van der Waals surface area contributed by atoms with E-state index in [9.17, 15) is 97.3 Å². The summed E-state index contributed by atoms with van der Waals surface area (Å²) in [5.41, 5.74) is 4.75. The predicted octanol–water partition coefficient (Wildman–Crippen LogP) is -3.91. The van der Waals surface area contributed by atoms with Crippen molar-refractivity contribution >= 4 is 57.7 Å². The van der Waals surface area contributed by atoms with Crippen molar-refractivity contribution in [2.75, 3.05) is 13.1 Å². The lowest BCUT2D eigenvalue weighted by Gasteiger charge is -2.34. The molecule has 3 fully saturated rings. The molecule has 3 saturated heterocycles. The van der Waals surface area contributed by atoms with Crippen LogP contribution in [0.5, 0.6) is 11.5 Å². The number of fused-ring (bicyclic) bond motifs is 2. The zero-order chi connectivity index (χ0) is 60.8. The molecule has 1 aromatic carbocycles. The molecule has 0 radical (unpaired) electrons. The standard InChI is InChI=1S/C51H82N8O21S/c1-6-24(2)17-25(3)13-11-9-7-8-10-12-14-37(66)53-30-20-34(64)47(72)57-49(74)41-42(67)26(4)22-59(41)51(76)39(33(63)21-36(52)65)55-48(73)40(44(69)43(68)28-15-16-32(62)35(18-28)80-81(77,78)79)56-46(71)31-19-29(61)23-58(31)50(75)38(27(5)60)54-45(30)70/h15-16,18,24-27,29-31,33-34,38-44,47,60-64,67-69,72H,6-14,17,19-23H2,1-5H3,(H2,52,65)(H,53,66)(H,54,70)(H,55,73)(H,56,71)(H,57,74)(H,77,78,79)/t24?,25?,26?,27-,29-,30+,31+,33?,34?,38+,39+,40+,41+,42+,43?,44?,47?/m1/s1. The summed E-state index contributed by atoms with van der Waals surface area (Å²) >= 11 is 0. The number of nitrogens with zero attached hydrogens (tertiary/aromatic N) is 2. The van der Waals surface area contributed by atoms with Crippen LogP contribution in [-0.4, -0.2) is 208 Å².